The van der Waals surface area contributed by atoms with E-state index in [0.29, 0.717) is 19.5 Å². The predicted molar refractivity (Wildman–Crippen MR) is 73.8 cm³/mol. The zero-order chi connectivity index (χ0) is 16.2. The lowest BCUT2D eigenvalue weighted by atomic mass is 10.0. The Hall–Kier alpha value is -1.76. The molecule has 0 bridgehead atoms. The van der Waals surface area contributed by atoms with Gasteiger partial charge in [0.1, 0.15) is 18.4 Å². The van der Waals surface area contributed by atoms with Crippen molar-refractivity contribution in [3.8, 4) is 5.75 Å². The fourth-order valence-electron chi connectivity index (χ4n) is 2.64. The number of para-hydroxylation sites is 1. The molecule has 1 fully saturated rings. The lowest BCUT2D eigenvalue weighted by Crippen LogP contribution is -2.46. The largest absolute Gasteiger partial charge is 0.492 e. The molecule has 1 aromatic rings. The Morgan fingerprint density at radius 2 is 2.05 bits per heavy atom. The van der Waals surface area contributed by atoms with Crippen LogP contribution < -0.4 is 4.74 Å². The zero-order valence-electron chi connectivity index (χ0n) is 12.0. The van der Waals surface area contributed by atoms with Crippen molar-refractivity contribution in [1.29, 1.82) is 0 Å². The molecule has 1 aromatic carbocycles. The second-order valence-electron chi connectivity index (χ2n) is 5.23. The summed E-state index contributed by atoms with van der Waals surface area (Å²) in [5.41, 5.74) is -0.816. The maximum atomic E-state index is 12.8. The fourth-order valence-corrected chi connectivity index (χ4v) is 2.64. The van der Waals surface area contributed by atoms with Gasteiger partial charge in [0.15, 0.2) is 0 Å². The standard InChI is InChI=1S/C15H18F3NO3/c16-15(17,18)11-5-1-2-7-13(11)22-10-9-19-8-4-3-6-12(19)14(20)21/h1-2,5,7,12H,3-4,6,8-10H2,(H,20,21). The summed E-state index contributed by atoms with van der Waals surface area (Å²) in [7, 11) is 0. The summed E-state index contributed by atoms with van der Waals surface area (Å²) in [6, 6.07) is 4.45. The first kappa shape index (κ1) is 16.6. The molecule has 0 radical (unpaired) electrons. The molecule has 2 rings (SSSR count). The van der Waals surface area contributed by atoms with Crippen molar-refractivity contribution >= 4 is 5.97 Å². The van der Waals surface area contributed by atoms with Gasteiger partial charge in [0.25, 0.3) is 0 Å². The molecule has 122 valence electrons. The van der Waals surface area contributed by atoms with E-state index in [4.69, 9.17) is 9.84 Å². The molecular formula is C15H18F3NO3. The number of hydrogen-bond acceptors (Lipinski definition) is 3. The summed E-state index contributed by atoms with van der Waals surface area (Å²) in [6.45, 7) is 0.946. The number of carboxylic acids is 1. The highest BCUT2D eigenvalue weighted by Crippen LogP contribution is 2.35. The van der Waals surface area contributed by atoms with Crippen LogP contribution in [0, 0.1) is 0 Å². The first-order chi connectivity index (χ1) is 10.4. The number of alkyl halides is 3. The number of carboxylic acid groups (broad SMARTS) is 1. The molecule has 1 aliphatic rings. The molecule has 22 heavy (non-hydrogen) atoms. The number of rotatable bonds is 5. The molecule has 0 spiro atoms. The van der Waals surface area contributed by atoms with Crippen molar-refractivity contribution in [2.24, 2.45) is 0 Å². The Morgan fingerprint density at radius 3 is 2.73 bits per heavy atom. The average molecular weight is 317 g/mol. The quantitative estimate of drug-likeness (QED) is 0.907. The van der Waals surface area contributed by atoms with Gasteiger partial charge in [-0.2, -0.15) is 13.2 Å². The van der Waals surface area contributed by atoms with E-state index in [1.54, 1.807) is 4.90 Å². The van der Waals surface area contributed by atoms with E-state index in [1.807, 2.05) is 0 Å². The minimum atomic E-state index is -4.47. The normalized spacial score (nSPS) is 19.9. The van der Waals surface area contributed by atoms with Gasteiger partial charge in [-0.15, -0.1) is 0 Å². The molecule has 7 heteroatoms. The molecule has 1 heterocycles. The second-order valence-corrected chi connectivity index (χ2v) is 5.23. The summed E-state index contributed by atoms with van der Waals surface area (Å²) in [5, 5.41) is 9.14. The van der Waals surface area contributed by atoms with Gasteiger partial charge >= 0.3 is 12.1 Å². The maximum Gasteiger partial charge on any atom is 0.419 e. The minimum absolute atomic E-state index is 0.0247. The fraction of sp³-hybridized carbons (Fsp3) is 0.533. The Labute approximate surface area is 126 Å². The summed E-state index contributed by atoms with van der Waals surface area (Å²) in [6.07, 6.45) is -2.16. The molecule has 1 atom stereocenters. The second kappa shape index (κ2) is 7.00. The van der Waals surface area contributed by atoms with Crippen LogP contribution in [-0.4, -0.2) is 41.7 Å². The first-order valence-corrected chi connectivity index (χ1v) is 7.15. The topological polar surface area (TPSA) is 49.8 Å². The Kier molecular flexibility index (Phi) is 5.28. The van der Waals surface area contributed by atoms with Gasteiger partial charge < -0.3 is 9.84 Å². The van der Waals surface area contributed by atoms with Crippen LogP contribution in [0.5, 0.6) is 5.75 Å². The van der Waals surface area contributed by atoms with Crippen molar-refractivity contribution in [2.45, 2.75) is 31.5 Å². The average Bonchev–Trinajstić information content (AvgIpc) is 2.47. The van der Waals surface area contributed by atoms with Crippen molar-refractivity contribution in [2.75, 3.05) is 19.7 Å². The van der Waals surface area contributed by atoms with E-state index in [9.17, 15) is 18.0 Å². The number of benzene rings is 1. The molecule has 0 aromatic heterocycles. The number of hydrogen-bond donors (Lipinski definition) is 1. The first-order valence-electron chi connectivity index (χ1n) is 7.15. The number of carbonyl (C=O) groups is 1. The molecule has 0 saturated carbocycles. The SMILES string of the molecule is O=C(O)C1CCCCN1CCOc1ccccc1C(F)(F)F. The molecule has 1 aliphatic heterocycles. The number of aliphatic carboxylic acids is 1. The Morgan fingerprint density at radius 1 is 1.32 bits per heavy atom. The van der Waals surface area contributed by atoms with Crippen LogP contribution >= 0.6 is 0 Å². The molecule has 1 saturated heterocycles. The molecule has 0 aliphatic carbocycles. The Bertz CT molecular complexity index is 519. The van der Waals surface area contributed by atoms with Crippen molar-refractivity contribution in [3.63, 3.8) is 0 Å². The van der Waals surface area contributed by atoms with Crippen LogP contribution in [0.15, 0.2) is 24.3 Å². The monoisotopic (exact) mass is 317 g/mol. The highest BCUT2D eigenvalue weighted by Gasteiger charge is 2.34. The number of ether oxygens (including phenoxy) is 1. The molecule has 1 unspecified atom stereocenters. The van der Waals surface area contributed by atoms with Gasteiger partial charge in [0, 0.05) is 6.54 Å². The van der Waals surface area contributed by atoms with Crippen LogP contribution in [0.1, 0.15) is 24.8 Å². The highest BCUT2D eigenvalue weighted by molar-refractivity contribution is 5.73. The van der Waals surface area contributed by atoms with Gasteiger partial charge in [0.2, 0.25) is 0 Å². The van der Waals surface area contributed by atoms with Crippen LogP contribution in [-0.2, 0) is 11.0 Å². The smallest absolute Gasteiger partial charge is 0.419 e. The summed E-state index contributed by atoms with van der Waals surface area (Å²) in [5.74, 6) is -1.12. The van der Waals surface area contributed by atoms with E-state index in [1.165, 1.54) is 18.2 Å². The molecule has 4 nitrogen and oxygen atoms in total. The third kappa shape index (κ3) is 4.13. The van der Waals surface area contributed by atoms with Crippen molar-refractivity contribution in [3.05, 3.63) is 29.8 Å². The lowest BCUT2D eigenvalue weighted by Gasteiger charge is -2.32. The number of nitrogens with zero attached hydrogens (tertiary/aromatic N) is 1. The van der Waals surface area contributed by atoms with E-state index in [2.05, 4.69) is 0 Å². The van der Waals surface area contributed by atoms with Gasteiger partial charge in [0.05, 0.1) is 5.56 Å². The minimum Gasteiger partial charge on any atom is -0.492 e. The van der Waals surface area contributed by atoms with E-state index in [0.717, 1.165) is 18.9 Å². The van der Waals surface area contributed by atoms with Crippen molar-refractivity contribution < 1.29 is 27.8 Å². The maximum absolute atomic E-state index is 12.8. The molecular weight excluding hydrogens is 299 g/mol. The van der Waals surface area contributed by atoms with Gasteiger partial charge in [-0.3, -0.25) is 9.69 Å². The zero-order valence-corrected chi connectivity index (χ0v) is 12.0. The van der Waals surface area contributed by atoms with Crippen molar-refractivity contribution in [1.82, 2.24) is 4.90 Å². The van der Waals surface area contributed by atoms with Crippen LogP contribution in [0.4, 0.5) is 13.2 Å². The van der Waals surface area contributed by atoms with E-state index < -0.39 is 23.8 Å². The number of likely N-dealkylation sites (tertiary alicyclic amines) is 1. The lowest BCUT2D eigenvalue weighted by molar-refractivity contribution is -0.144. The van der Waals surface area contributed by atoms with Gasteiger partial charge in [-0.05, 0) is 31.5 Å². The van der Waals surface area contributed by atoms with Crippen LogP contribution in [0.25, 0.3) is 0 Å². The van der Waals surface area contributed by atoms with Crippen LogP contribution in [0.3, 0.4) is 0 Å². The third-order valence-corrected chi connectivity index (χ3v) is 3.73. The number of halogens is 3. The molecule has 0 amide bonds. The third-order valence-electron chi connectivity index (χ3n) is 3.73. The summed E-state index contributed by atoms with van der Waals surface area (Å²) in [4.78, 5) is 12.9. The molecule has 1 N–H and O–H groups in total. The predicted octanol–water partition coefficient (Wildman–Crippen LogP) is 3.02. The number of piperidine rings is 1. The van der Waals surface area contributed by atoms with Crippen LogP contribution in [0.2, 0.25) is 0 Å². The van der Waals surface area contributed by atoms with Gasteiger partial charge in [-0.1, -0.05) is 18.6 Å². The highest BCUT2D eigenvalue weighted by atomic mass is 19.4. The van der Waals surface area contributed by atoms with E-state index in [-0.39, 0.29) is 12.4 Å². The summed E-state index contributed by atoms with van der Waals surface area (Å²) < 4.78 is 43.7. The summed E-state index contributed by atoms with van der Waals surface area (Å²) >= 11 is 0. The Balaban J connectivity index is 1.95. The van der Waals surface area contributed by atoms with Gasteiger partial charge in [-0.25, -0.2) is 0 Å². The van der Waals surface area contributed by atoms with E-state index >= 15 is 0 Å².